The summed E-state index contributed by atoms with van der Waals surface area (Å²) < 4.78 is 0. The van der Waals surface area contributed by atoms with Crippen LogP contribution in [-0.2, 0) is 11.5 Å². The molecule has 0 amide bonds. The average Bonchev–Trinajstić information content (AvgIpc) is 2.84. The van der Waals surface area contributed by atoms with Gasteiger partial charge < -0.3 is 5.73 Å². The van der Waals surface area contributed by atoms with Crippen LogP contribution in [-0.4, -0.2) is 9.97 Å². The largest absolute Gasteiger partial charge is 0.383 e. The molecule has 1 aliphatic rings. The summed E-state index contributed by atoms with van der Waals surface area (Å²) in [5.41, 5.74) is 9.37. The lowest BCUT2D eigenvalue weighted by Gasteiger charge is -2.05. The monoisotopic (exact) mass is 263 g/mol. The zero-order valence-electron chi connectivity index (χ0n) is 9.78. The Morgan fingerprint density at radius 2 is 2.06 bits per heavy atom. The minimum atomic E-state index is 0.651. The quantitative estimate of drug-likeness (QED) is 0.858. The molecule has 3 nitrogen and oxygen atoms in total. The Bertz CT molecular complexity index is 590. The van der Waals surface area contributed by atoms with E-state index in [2.05, 4.69) is 29.9 Å². The molecule has 5 heteroatoms. The van der Waals surface area contributed by atoms with Crippen molar-refractivity contribution >= 4 is 28.9 Å². The summed E-state index contributed by atoms with van der Waals surface area (Å²) in [5.74, 6) is 3.34. The highest BCUT2D eigenvalue weighted by molar-refractivity contribution is 7.98. The smallest absolute Gasteiger partial charge is 0.162 e. The van der Waals surface area contributed by atoms with Gasteiger partial charge in [-0.05, 0) is 19.9 Å². The van der Waals surface area contributed by atoms with E-state index in [-0.39, 0.29) is 0 Å². The Labute approximate surface area is 108 Å². The Balaban J connectivity index is 2.16. The van der Waals surface area contributed by atoms with Gasteiger partial charge in [0.1, 0.15) is 5.82 Å². The molecular weight excluding hydrogens is 250 g/mol. The molecule has 0 aliphatic carbocycles. The van der Waals surface area contributed by atoms with Crippen LogP contribution in [0.15, 0.2) is 6.07 Å². The standard InChI is InChI=1S/C12H13N3S2/c1-6-3-8(7(2)17-6)12-14-10-5-16-4-9(10)11(13)15-12/h3H,4-5H2,1-2H3,(H2,13,14,15). The van der Waals surface area contributed by atoms with E-state index in [9.17, 15) is 0 Å². The van der Waals surface area contributed by atoms with Crippen LogP contribution in [0.3, 0.4) is 0 Å². The molecule has 2 aromatic rings. The van der Waals surface area contributed by atoms with Gasteiger partial charge in [-0.15, -0.1) is 11.3 Å². The first kappa shape index (κ1) is 11.0. The van der Waals surface area contributed by atoms with Crippen LogP contribution in [0.1, 0.15) is 21.0 Å². The van der Waals surface area contributed by atoms with E-state index in [0.717, 1.165) is 34.2 Å². The number of thioether (sulfide) groups is 1. The maximum absolute atomic E-state index is 6.01. The molecule has 2 N–H and O–H groups in total. The van der Waals surface area contributed by atoms with Gasteiger partial charge in [-0.2, -0.15) is 11.8 Å². The molecule has 0 unspecified atom stereocenters. The minimum absolute atomic E-state index is 0.651. The predicted octanol–water partition coefficient (Wildman–Crippen LogP) is 3.15. The SMILES string of the molecule is Cc1cc(-c2nc(N)c3c(n2)CSC3)c(C)s1. The third-order valence-electron chi connectivity index (χ3n) is 2.89. The van der Waals surface area contributed by atoms with Gasteiger partial charge in [0.05, 0.1) is 5.69 Å². The number of rotatable bonds is 1. The normalized spacial score (nSPS) is 14.0. The van der Waals surface area contributed by atoms with Gasteiger partial charge in [0.15, 0.2) is 5.82 Å². The number of nitrogens with zero attached hydrogens (tertiary/aromatic N) is 2. The molecule has 0 saturated carbocycles. The van der Waals surface area contributed by atoms with Crippen molar-refractivity contribution in [3.8, 4) is 11.4 Å². The van der Waals surface area contributed by atoms with Gasteiger partial charge in [-0.25, -0.2) is 9.97 Å². The van der Waals surface area contributed by atoms with E-state index in [4.69, 9.17) is 5.73 Å². The summed E-state index contributed by atoms with van der Waals surface area (Å²) in [6.45, 7) is 4.21. The van der Waals surface area contributed by atoms with Crippen molar-refractivity contribution in [3.63, 3.8) is 0 Å². The highest BCUT2D eigenvalue weighted by Gasteiger charge is 2.19. The first-order valence-electron chi connectivity index (χ1n) is 5.45. The van der Waals surface area contributed by atoms with Gasteiger partial charge in [0.25, 0.3) is 0 Å². The molecule has 3 heterocycles. The second-order valence-electron chi connectivity index (χ2n) is 4.18. The van der Waals surface area contributed by atoms with E-state index in [1.165, 1.54) is 9.75 Å². The molecule has 88 valence electrons. The second-order valence-corrected chi connectivity index (χ2v) is 6.62. The van der Waals surface area contributed by atoms with E-state index < -0.39 is 0 Å². The van der Waals surface area contributed by atoms with Crippen LogP contribution in [0.2, 0.25) is 0 Å². The summed E-state index contributed by atoms with van der Waals surface area (Å²) in [6.07, 6.45) is 0. The molecule has 17 heavy (non-hydrogen) atoms. The molecule has 0 atom stereocenters. The number of hydrogen-bond donors (Lipinski definition) is 1. The first-order valence-corrected chi connectivity index (χ1v) is 7.42. The number of anilines is 1. The summed E-state index contributed by atoms with van der Waals surface area (Å²) in [7, 11) is 0. The van der Waals surface area contributed by atoms with E-state index in [1.54, 1.807) is 11.3 Å². The number of aromatic nitrogens is 2. The van der Waals surface area contributed by atoms with E-state index >= 15 is 0 Å². The van der Waals surface area contributed by atoms with Crippen LogP contribution in [0.4, 0.5) is 5.82 Å². The summed E-state index contributed by atoms with van der Waals surface area (Å²) in [5, 5.41) is 0. The van der Waals surface area contributed by atoms with Crippen molar-refractivity contribution in [2.24, 2.45) is 0 Å². The first-order chi connectivity index (χ1) is 8.15. The number of fused-ring (bicyclic) bond motifs is 1. The molecule has 0 fully saturated rings. The van der Waals surface area contributed by atoms with Crippen LogP contribution >= 0.6 is 23.1 Å². The number of thiophene rings is 1. The van der Waals surface area contributed by atoms with Crippen molar-refractivity contribution in [2.75, 3.05) is 5.73 Å². The Hall–Kier alpha value is -1.07. The number of nitrogens with two attached hydrogens (primary N) is 1. The average molecular weight is 263 g/mol. The molecule has 0 radical (unpaired) electrons. The van der Waals surface area contributed by atoms with Crippen molar-refractivity contribution in [1.29, 1.82) is 0 Å². The van der Waals surface area contributed by atoms with Crippen molar-refractivity contribution in [2.45, 2.75) is 25.4 Å². The molecular formula is C12H13N3S2. The number of aryl methyl sites for hydroxylation is 2. The lowest BCUT2D eigenvalue weighted by molar-refractivity contribution is 1.08. The lowest BCUT2D eigenvalue weighted by atomic mass is 10.2. The van der Waals surface area contributed by atoms with Gasteiger partial charge in [-0.1, -0.05) is 0 Å². The third kappa shape index (κ3) is 1.83. The highest BCUT2D eigenvalue weighted by atomic mass is 32.2. The van der Waals surface area contributed by atoms with Crippen LogP contribution < -0.4 is 5.73 Å². The fourth-order valence-corrected chi connectivity index (χ4v) is 4.02. The molecule has 0 aromatic carbocycles. The molecule has 2 aromatic heterocycles. The molecule has 0 saturated heterocycles. The Morgan fingerprint density at radius 3 is 2.76 bits per heavy atom. The maximum Gasteiger partial charge on any atom is 0.162 e. The van der Waals surface area contributed by atoms with Gasteiger partial charge in [0, 0.05) is 32.4 Å². The zero-order valence-corrected chi connectivity index (χ0v) is 11.4. The Kier molecular flexibility index (Phi) is 2.60. The number of nitrogen functional groups attached to an aromatic ring is 1. The summed E-state index contributed by atoms with van der Waals surface area (Å²) in [4.78, 5) is 11.6. The van der Waals surface area contributed by atoms with Crippen LogP contribution in [0.25, 0.3) is 11.4 Å². The molecule has 3 rings (SSSR count). The second kappa shape index (κ2) is 3.99. The highest BCUT2D eigenvalue weighted by Crippen LogP contribution is 2.35. The molecule has 1 aliphatic heterocycles. The molecule has 0 bridgehead atoms. The third-order valence-corrected chi connectivity index (χ3v) is 4.83. The molecule has 0 spiro atoms. The van der Waals surface area contributed by atoms with Gasteiger partial charge in [0.2, 0.25) is 0 Å². The fraction of sp³-hybridized carbons (Fsp3) is 0.333. The van der Waals surface area contributed by atoms with Crippen LogP contribution in [0.5, 0.6) is 0 Å². The van der Waals surface area contributed by atoms with Crippen LogP contribution in [0, 0.1) is 13.8 Å². The van der Waals surface area contributed by atoms with Gasteiger partial charge >= 0.3 is 0 Å². The van der Waals surface area contributed by atoms with Crippen molar-refractivity contribution < 1.29 is 0 Å². The van der Waals surface area contributed by atoms with Crippen molar-refractivity contribution in [3.05, 3.63) is 27.1 Å². The van der Waals surface area contributed by atoms with Gasteiger partial charge in [-0.3, -0.25) is 0 Å². The predicted molar refractivity (Wildman–Crippen MR) is 74.2 cm³/mol. The fourth-order valence-electron chi connectivity index (χ4n) is 2.05. The summed E-state index contributed by atoms with van der Waals surface area (Å²) in [6, 6.07) is 2.14. The van der Waals surface area contributed by atoms with Crippen molar-refractivity contribution in [1.82, 2.24) is 9.97 Å². The summed E-state index contributed by atoms with van der Waals surface area (Å²) >= 11 is 3.63. The van der Waals surface area contributed by atoms with E-state index in [1.807, 2.05) is 11.8 Å². The zero-order chi connectivity index (χ0) is 12.0. The van der Waals surface area contributed by atoms with E-state index in [0.29, 0.717) is 5.82 Å². The topological polar surface area (TPSA) is 51.8 Å². The Morgan fingerprint density at radius 1 is 1.24 bits per heavy atom. The lowest BCUT2D eigenvalue weighted by Crippen LogP contribution is -2.02. The maximum atomic E-state index is 6.01. The number of hydrogen-bond acceptors (Lipinski definition) is 5. The minimum Gasteiger partial charge on any atom is -0.383 e.